The van der Waals surface area contributed by atoms with Crippen LogP contribution in [0.1, 0.15) is 30.6 Å². The lowest BCUT2D eigenvalue weighted by Crippen LogP contribution is -2.42. The Morgan fingerprint density at radius 2 is 1.96 bits per heavy atom. The molecule has 27 heavy (non-hydrogen) atoms. The number of pyridine rings is 1. The van der Waals surface area contributed by atoms with Gasteiger partial charge < -0.3 is 9.80 Å². The van der Waals surface area contributed by atoms with Crippen LogP contribution in [-0.2, 0) is 4.79 Å². The van der Waals surface area contributed by atoms with Gasteiger partial charge >= 0.3 is 0 Å². The van der Waals surface area contributed by atoms with Crippen molar-refractivity contribution in [3.05, 3.63) is 23.9 Å². The summed E-state index contributed by atoms with van der Waals surface area (Å²) in [6.45, 7) is 7.89. The first-order valence-electron chi connectivity index (χ1n) is 9.15. The van der Waals surface area contributed by atoms with Crippen molar-refractivity contribution in [2.45, 2.75) is 31.1 Å². The van der Waals surface area contributed by atoms with E-state index in [1.165, 1.54) is 12.3 Å². The second-order valence-corrected chi connectivity index (χ2v) is 7.20. The van der Waals surface area contributed by atoms with Gasteiger partial charge in [-0.2, -0.15) is 8.78 Å². The molecule has 0 bridgehead atoms. The van der Waals surface area contributed by atoms with E-state index in [9.17, 15) is 18.4 Å². The molecule has 150 valence electrons. The van der Waals surface area contributed by atoms with Crippen LogP contribution < -0.4 is 0 Å². The number of carbonyl (C=O) groups is 2. The first-order valence-corrected chi connectivity index (χ1v) is 10.0. The summed E-state index contributed by atoms with van der Waals surface area (Å²) in [4.78, 5) is 34.5. The van der Waals surface area contributed by atoms with E-state index >= 15 is 0 Å². The quantitative estimate of drug-likeness (QED) is 0.658. The number of thioether (sulfide) groups is 1. The zero-order valence-corrected chi connectivity index (χ0v) is 16.6. The Morgan fingerprint density at radius 3 is 2.63 bits per heavy atom. The van der Waals surface area contributed by atoms with Gasteiger partial charge in [-0.25, -0.2) is 4.98 Å². The molecule has 1 aromatic rings. The van der Waals surface area contributed by atoms with Crippen LogP contribution in [0.2, 0.25) is 0 Å². The fourth-order valence-corrected chi connectivity index (χ4v) is 3.67. The van der Waals surface area contributed by atoms with Gasteiger partial charge in [-0.05, 0) is 44.2 Å². The second-order valence-electron chi connectivity index (χ2n) is 6.22. The minimum Gasteiger partial charge on any atom is -0.342 e. The Kier molecular flexibility index (Phi) is 8.43. The lowest BCUT2D eigenvalue weighted by atomic mass is 10.2. The van der Waals surface area contributed by atoms with Crippen molar-refractivity contribution in [2.24, 2.45) is 0 Å². The van der Waals surface area contributed by atoms with Gasteiger partial charge in [0.15, 0.2) is 0 Å². The largest absolute Gasteiger partial charge is 0.342 e. The van der Waals surface area contributed by atoms with Gasteiger partial charge in [-0.3, -0.25) is 14.5 Å². The molecule has 0 radical (unpaired) electrons. The Balaban J connectivity index is 2.00. The fourth-order valence-electron chi connectivity index (χ4n) is 3.10. The summed E-state index contributed by atoms with van der Waals surface area (Å²) < 4.78 is 25.4. The number of alkyl halides is 2. The van der Waals surface area contributed by atoms with E-state index < -0.39 is 5.76 Å². The summed E-state index contributed by atoms with van der Waals surface area (Å²) in [5.41, 5.74) is 0.204. The third kappa shape index (κ3) is 6.14. The van der Waals surface area contributed by atoms with E-state index in [0.717, 1.165) is 13.0 Å². The molecule has 0 spiro atoms. The van der Waals surface area contributed by atoms with Crippen molar-refractivity contribution in [3.8, 4) is 0 Å². The monoisotopic (exact) mass is 400 g/mol. The molecule has 0 atom stereocenters. The van der Waals surface area contributed by atoms with Crippen molar-refractivity contribution >= 4 is 23.6 Å². The van der Waals surface area contributed by atoms with Crippen LogP contribution in [0.3, 0.4) is 0 Å². The number of amides is 2. The molecule has 1 aromatic heterocycles. The topological polar surface area (TPSA) is 56.8 Å². The highest BCUT2D eigenvalue weighted by Crippen LogP contribution is 2.27. The van der Waals surface area contributed by atoms with E-state index in [1.54, 1.807) is 15.9 Å². The number of hydrogen-bond acceptors (Lipinski definition) is 5. The SMILES string of the molecule is CCN(CC)C(=O)CN1CCCN(C(=O)c2cccnc2SC(F)F)CC1. The first kappa shape index (κ1) is 21.6. The van der Waals surface area contributed by atoms with Crippen molar-refractivity contribution in [1.82, 2.24) is 19.7 Å². The summed E-state index contributed by atoms with van der Waals surface area (Å²) in [6.07, 6.45) is 2.14. The van der Waals surface area contributed by atoms with E-state index in [4.69, 9.17) is 0 Å². The van der Waals surface area contributed by atoms with Crippen LogP contribution in [0.4, 0.5) is 8.78 Å². The van der Waals surface area contributed by atoms with Gasteiger partial charge in [-0.1, -0.05) is 0 Å². The summed E-state index contributed by atoms with van der Waals surface area (Å²) in [7, 11) is 0. The number of aromatic nitrogens is 1. The average Bonchev–Trinajstić information content (AvgIpc) is 2.88. The Hall–Kier alpha value is -1.74. The minimum atomic E-state index is -2.63. The molecule has 6 nitrogen and oxygen atoms in total. The number of rotatable bonds is 7. The van der Waals surface area contributed by atoms with Gasteiger partial charge in [0, 0.05) is 45.5 Å². The molecular formula is C18H26F2N4O2S. The summed E-state index contributed by atoms with van der Waals surface area (Å²) in [6, 6.07) is 3.11. The molecule has 0 aliphatic carbocycles. The molecular weight excluding hydrogens is 374 g/mol. The predicted octanol–water partition coefficient (Wildman–Crippen LogP) is 2.41. The van der Waals surface area contributed by atoms with Gasteiger partial charge in [0.05, 0.1) is 12.1 Å². The summed E-state index contributed by atoms with van der Waals surface area (Å²) in [5, 5.41) is 0.0512. The maximum absolute atomic E-state index is 12.8. The number of hydrogen-bond donors (Lipinski definition) is 0. The molecule has 0 unspecified atom stereocenters. The van der Waals surface area contributed by atoms with E-state index in [2.05, 4.69) is 4.98 Å². The number of halogens is 2. The van der Waals surface area contributed by atoms with Crippen LogP contribution >= 0.6 is 11.8 Å². The molecule has 2 amide bonds. The molecule has 0 aromatic carbocycles. The minimum absolute atomic E-state index is 0.0512. The number of carbonyl (C=O) groups excluding carboxylic acids is 2. The molecule has 0 N–H and O–H groups in total. The Bertz CT molecular complexity index is 644. The molecule has 1 fully saturated rings. The summed E-state index contributed by atoms with van der Waals surface area (Å²) in [5.74, 6) is -2.83. The van der Waals surface area contributed by atoms with Crippen LogP contribution in [0, 0.1) is 0 Å². The smallest absolute Gasteiger partial charge is 0.290 e. The first-order chi connectivity index (χ1) is 13.0. The van der Waals surface area contributed by atoms with Gasteiger partial charge in [0.25, 0.3) is 11.7 Å². The maximum atomic E-state index is 12.8. The van der Waals surface area contributed by atoms with Crippen molar-refractivity contribution in [2.75, 3.05) is 45.8 Å². The molecule has 0 saturated carbocycles. The standard InChI is InChI=1S/C18H26F2N4O2S/c1-3-23(4-2)15(25)13-22-9-6-10-24(12-11-22)17(26)14-7-5-8-21-16(14)27-18(19)20/h5,7-8,18H,3-4,6,9-13H2,1-2H3. The third-order valence-corrected chi connectivity index (χ3v) is 5.28. The van der Waals surface area contributed by atoms with Gasteiger partial charge in [0.2, 0.25) is 5.91 Å². The second kappa shape index (κ2) is 10.6. The lowest BCUT2D eigenvalue weighted by Gasteiger charge is -2.25. The van der Waals surface area contributed by atoms with Crippen molar-refractivity contribution < 1.29 is 18.4 Å². The third-order valence-electron chi connectivity index (χ3n) is 4.55. The molecule has 9 heteroatoms. The molecule has 2 heterocycles. The van der Waals surface area contributed by atoms with Crippen molar-refractivity contribution in [1.29, 1.82) is 0 Å². The zero-order valence-electron chi connectivity index (χ0n) is 15.7. The van der Waals surface area contributed by atoms with E-state index in [1.807, 2.05) is 18.7 Å². The highest BCUT2D eigenvalue weighted by atomic mass is 32.2. The number of nitrogens with zero attached hydrogens (tertiary/aromatic N) is 4. The summed E-state index contributed by atoms with van der Waals surface area (Å²) >= 11 is 0.287. The Labute approximate surface area is 162 Å². The highest BCUT2D eigenvalue weighted by molar-refractivity contribution is 7.99. The molecule has 1 aliphatic heterocycles. The maximum Gasteiger partial charge on any atom is 0.290 e. The zero-order chi connectivity index (χ0) is 19.8. The lowest BCUT2D eigenvalue weighted by molar-refractivity contribution is -0.132. The van der Waals surface area contributed by atoms with Gasteiger partial charge in [-0.15, -0.1) is 0 Å². The Morgan fingerprint density at radius 1 is 1.22 bits per heavy atom. The number of likely N-dealkylation sites (N-methyl/N-ethyl adjacent to an activating group) is 1. The van der Waals surface area contributed by atoms with Gasteiger partial charge in [0.1, 0.15) is 5.03 Å². The molecule has 1 saturated heterocycles. The highest BCUT2D eigenvalue weighted by Gasteiger charge is 2.25. The molecule has 2 rings (SSSR count). The van der Waals surface area contributed by atoms with Crippen LogP contribution in [0.15, 0.2) is 23.4 Å². The van der Waals surface area contributed by atoms with E-state index in [-0.39, 0.29) is 34.2 Å². The van der Waals surface area contributed by atoms with Crippen LogP contribution in [0.5, 0.6) is 0 Å². The predicted molar refractivity (Wildman–Crippen MR) is 101 cm³/mol. The molecule has 1 aliphatic rings. The van der Waals surface area contributed by atoms with E-state index in [0.29, 0.717) is 39.3 Å². The average molecular weight is 400 g/mol. The van der Waals surface area contributed by atoms with Crippen LogP contribution in [-0.4, -0.2) is 83.1 Å². The normalized spacial score (nSPS) is 15.7. The van der Waals surface area contributed by atoms with Crippen LogP contribution in [0.25, 0.3) is 0 Å². The van der Waals surface area contributed by atoms with Crippen molar-refractivity contribution in [3.63, 3.8) is 0 Å². The fraction of sp³-hybridized carbons (Fsp3) is 0.611.